The quantitative estimate of drug-likeness (QED) is 0.576. The number of halogens is 3. The molecule has 2 aromatic rings. The summed E-state index contributed by atoms with van der Waals surface area (Å²) in [6.45, 7) is 4.16. The van der Waals surface area contributed by atoms with E-state index in [1.54, 1.807) is 24.3 Å². The Hall–Kier alpha value is -3.56. The Morgan fingerprint density at radius 3 is 2.64 bits per heavy atom. The number of para-hydroxylation sites is 1. The molecule has 0 unspecified atom stereocenters. The number of allylic oxidation sites excluding steroid dienone is 4. The third-order valence-electron chi connectivity index (χ3n) is 3.43. The minimum absolute atomic E-state index is 0.0737. The number of hydrogen-bond donors (Lipinski definition) is 3. The van der Waals surface area contributed by atoms with Gasteiger partial charge >= 0.3 is 18.2 Å². The van der Waals surface area contributed by atoms with Crippen LogP contribution >= 0.6 is 0 Å². The van der Waals surface area contributed by atoms with Crippen molar-refractivity contribution in [2.24, 2.45) is 0 Å². The van der Waals surface area contributed by atoms with Crippen LogP contribution in [0.25, 0.3) is 11.5 Å². The van der Waals surface area contributed by atoms with Gasteiger partial charge in [-0.2, -0.15) is 13.2 Å². The zero-order chi connectivity index (χ0) is 20.7. The van der Waals surface area contributed by atoms with Crippen molar-refractivity contribution < 1.29 is 27.5 Å². The largest absolute Gasteiger partial charge is 0.480 e. The van der Waals surface area contributed by atoms with E-state index in [9.17, 15) is 18.0 Å². The van der Waals surface area contributed by atoms with Gasteiger partial charge in [0.15, 0.2) is 0 Å². The van der Waals surface area contributed by atoms with Gasteiger partial charge in [-0.15, -0.1) is 5.10 Å². The van der Waals surface area contributed by atoms with Crippen molar-refractivity contribution in [3.63, 3.8) is 0 Å². The third-order valence-corrected chi connectivity index (χ3v) is 3.43. The van der Waals surface area contributed by atoms with Crippen molar-refractivity contribution in [1.29, 1.82) is 0 Å². The van der Waals surface area contributed by atoms with Gasteiger partial charge in [-0.3, -0.25) is 4.79 Å². The third kappa shape index (κ3) is 5.73. The molecule has 7 nitrogen and oxygen atoms in total. The van der Waals surface area contributed by atoms with E-state index >= 15 is 0 Å². The maximum Gasteiger partial charge on any atom is 0.412 e. The van der Waals surface area contributed by atoms with E-state index < -0.39 is 24.3 Å². The van der Waals surface area contributed by atoms with Crippen molar-refractivity contribution in [2.75, 3.05) is 17.2 Å². The number of hydrogen-bond acceptors (Lipinski definition) is 6. The second-order valence-electron chi connectivity index (χ2n) is 5.50. The number of nitrogens with one attached hydrogen (secondary N) is 2. The van der Waals surface area contributed by atoms with Gasteiger partial charge in [0.05, 0.1) is 11.3 Å². The first-order valence-corrected chi connectivity index (χ1v) is 7.94. The smallest absolute Gasteiger partial charge is 0.412 e. The Morgan fingerprint density at radius 1 is 1.29 bits per heavy atom. The van der Waals surface area contributed by atoms with Crippen LogP contribution in [0.5, 0.6) is 0 Å². The molecule has 0 spiro atoms. The molecule has 3 N–H and O–H groups in total. The summed E-state index contributed by atoms with van der Waals surface area (Å²) >= 11 is 0. The number of aliphatic carboxylic acids is 1. The van der Waals surface area contributed by atoms with E-state index in [-0.39, 0.29) is 11.9 Å². The van der Waals surface area contributed by atoms with Crippen molar-refractivity contribution >= 4 is 17.7 Å². The highest BCUT2D eigenvalue weighted by molar-refractivity contribution is 5.75. The van der Waals surface area contributed by atoms with E-state index in [1.165, 1.54) is 12.2 Å². The van der Waals surface area contributed by atoms with Gasteiger partial charge < -0.3 is 20.2 Å². The van der Waals surface area contributed by atoms with Gasteiger partial charge in [-0.25, -0.2) is 0 Å². The molecule has 1 aromatic carbocycles. The normalized spacial score (nSPS) is 12.6. The molecule has 0 aliphatic carbocycles. The Kier molecular flexibility index (Phi) is 6.59. The molecule has 1 heterocycles. The van der Waals surface area contributed by atoms with Crippen LogP contribution in [0.1, 0.15) is 6.92 Å². The fraction of sp³-hybridized carbons (Fsp3) is 0.167. The summed E-state index contributed by atoms with van der Waals surface area (Å²) in [5, 5.41) is 21.6. The van der Waals surface area contributed by atoms with Crippen LogP contribution in [-0.4, -0.2) is 34.0 Å². The monoisotopic (exact) mass is 394 g/mol. The van der Waals surface area contributed by atoms with Crippen molar-refractivity contribution in [3.05, 3.63) is 60.3 Å². The van der Waals surface area contributed by atoms with E-state index in [0.717, 1.165) is 13.0 Å². The summed E-state index contributed by atoms with van der Waals surface area (Å²) in [4.78, 5) is 10.6. The number of aromatic nitrogens is 2. The average Bonchev–Trinajstić information content (AvgIpc) is 3.11. The van der Waals surface area contributed by atoms with Gasteiger partial charge in [-0.1, -0.05) is 29.9 Å². The minimum atomic E-state index is -4.41. The number of carboxylic acid groups (broad SMARTS) is 1. The number of carbonyl (C=O) groups is 1. The minimum Gasteiger partial charge on any atom is -0.480 e. The maximum atomic E-state index is 12.6. The van der Waals surface area contributed by atoms with Crippen LogP contribution in [-0.2, 0) is 4.79 Å². The first-order valence-electron chi connectivity index (χ1n) is 7.94. The summed E-state index contributed by atoms with van der Waals surface area (Å²) in [5.74, 6) is -0.994. The topological polar surface area (TPSA) is 100 Å². The molecule has 1 aromatic heterocycles. The summed E-state index contributed by atoms with van der Waals surface area (Å²) in [7, 11) is 0. The van der Waals surface area contributed by atoms with E-state index in [1.807, 2.05) is 0 Å². The van der Waals surface area contributed by atoms with Gasteiger partial charge in [0.1, 0.15) is 6.54 Å². The molecule has 0 radical (unpaired) electrons. The van der Waals surface area contributed by atoms with Crippen LogP contribution in [0, 0.1) is 0 Å². The van der Waals surface area contributed by atoms with Gasteiger partial charge in [0, 0.05) is 11.3 Å². The lowest BCUT2D eigenvalue weighted by Gasteiger charge is -2.10. The molecule has 0 atom stereocenters. The molecule has 0 aliphatic heterocycles. The lowest BCUT2D eigenvalue weighted by molar-refractivity contribution is -0.135. The standard InChI is InChI=1S/C18H17F3N4O3/c1-3-12(9-8-11(2)18(19,20)21)23-14-7-5-4-6-13(14)16-24-25-17(28-16)22-10-15(26)27/h3-9,23H,1,10H2,2H3,(H,22,25)(H,26,27)/b11-8+,12-9+. The number of alkyl halides is 3. The Labute approximate surface area is 158 Å². The lowest BCUT2D eigenvalue weighted by Crippen LogP contribution is -2.12. The fourth-order valence-corrected chi connectivity index (χ4v) is 1.96. The number of rotatable bonds is 8. The van der Waals surface area contributed by atoms with Gasteiger partial charge in [0.2, 0.25) is 0 Å². The Morgan fingerprint density at radius 2 is 2.00 bits per heavy atom. The van der Waals surface area contributed by atoms with Crippen molar-refractivity contribution in [1.82, 2.24) is 10.2 Å². The van der Waals surface area contributed by atoms with Crippen LogP contribution in [0.4, 0.5) is 24.9 Å². The predicted octanol–water partition coefficient (Wildman–Crippen LogP) is 4.22. The van der Waals surface area contributed by atoms with Crippen LogP contribution in [0.2, 0.25) is 0 Å². The molecule has 0 saturated heterocycles. The molecule has 0 amide bonds. The molecule has 28 heavy (non-hydrogen) atoms. The summed E-state index contributed by atoms with van der Waals surface area (Å²) < 4.78 is 43.2. The molecule has 0 fully saturated rings. The lowest BCUT2D eigenvalue weighted by atomic mass is 10.1. The SMILES string of the molecule is C=C/C(=C\C=C(/C)C(F)(F)F)Nc1ccccc1-c1nnc(NCC(=O)O)o1. The molecule has 0 saturated carbocycles. The second kappa shape index (κ2) is 8.89. The summed E-state index contributed by atoms with van der Waals surface area (Å²) in [6, 6.07) is 6.68. The van der Waals surface area contributed by atoms with Crippen molar-refractivity contribution in [3.8, 4) is 11.5 Å². The average molecular weight is 394 g/mol. The zero-order valence-corrected chi connectivity index (χ0v) is 14.7. The van der Waals surface area contributed by atoms with Crippen LogP contribution in [0.15, 0.2) is 64.8 Å². The Balaban J connectivity index is 2.26. The predicted molar refractivity (Wildman–Crippen MR) is 97.6 cm³/mol. The van der Waals surface area contributed by atoms with E-state index in [2.05, 4.69) is 27.4 Å². The van der Waals surface area contributed by atoms with Gasteiger partial charge in [-0.05, 0) is 31.2 Å². The molecular formula is C18H17F3N4O3. The Bertz CT molecular complexity index is 917. The zero-order valence-electron chi connectivity index (χ0n) is 14.7. The fourth-order valence-electron chi connectivity index (χ4n) is 1.96. The summed E-state index contributed by atoms with van der Waals surface area (Å²) in [5.41, 5.74) is 0.524. The summed E-state index contributed by atoms with van der Waals surface area (Å²) in [6.07, 6.45) is -0.859. The molecule has 0 aliphatic rings. The molecular weight excluding hydrogens is 377 g/mol. The molecule has 0 bridgehead atoms. The highest BCUT2D eigenvalue weighted by Gasteiger charge is 2.29. The first-order chi connectivity index (χ1) is 13.2. The first kappa shape index (κ1) is 20.7. The highest BCUT2D eigenvalue weighted by Crippen LogP contribution is 2.29. The number of benzene rings is 1. The molecule has 10 heteroatoms. The maximum absolute atomic E-state index is 12.6. The van der Waals surface area contributed by atoms with Crippen LogP contribution < -0.4 is 10.6 Å². The van der Waals surface area contributed by atoms with Crippen LogP contribution in [0.3, 0.4) is 0 Å². The van der Waals surface area contributed by atoms with E-state index in [0.29, 0.717) is 16.9 Å². The van der Waals surface area contributed by atoms with Crippen molar-refractivity contribution in [2.45, 2.75) is 13.1 Å². The second-order valence-corrected chi connectivity index (χ2v) is 5.50. The molecule has 148 valence electrons. The molecule has 2 rings (SSSR count). The number of anilines is 2. The number of carboxylic acids is 1. The highest BCUT2D eigenvalue weighted by atomic mass is 19.4. The van der Waals surface area contributed by atoms with Gasteiger partial charge in [0.25, 0.3) is 5.89 Å². The van der Waals surface area contributed by atoms with E-state index in [4.69, 9.17) is 9.52 Å². The number of nitrogens with zero attached hydrogens (tertiary/aromatic N) is 2.